The fourth-order valence-electron chi connectivity index (χ4n) is 1.61. The van der Waals surface area contributed by atoms with E-state index in [1.807, 2.05) is 12.1 Å². The van der Waals surface area contributed by atoms with Gasteiger partial charge < -0.3 is 10.5 Å². The average Bonchev–Trinajstić information content (AvgIpc) is 2.44. The van der Waals surface area contributed by atoms with Crippen LogP contribution in [-0.4, -0.2) is 27.1 Å². The minimum absolute atomic E-state index is 0.476. The van der Waals surface area contributed by atoms with Crippen LogP contribution in [0.15, 0.2) is 39.0 Å². The third-order valence-electron chi connectivity index (χ3n) is 2.59. The number of hydrogen-bond donors (Lipinski definition) is 2. The van der Waals surface area contributed by atoms with Gasteiger partial charge in [0.15, 0.2) is 5.16 Å². The van der Waals surface area contributed by atoms with Crippen molar-refractivity contribution in [2.24, 2.45) is 7.05 Å². The van der Waals surface area contributed by atoms with Gasteiger partial charge in [-0.1, -0.05) is 17.8 Å². The fraction of sp³-hybridized carbons (Fsp3) is 0.308. The molecule has 3 N–H and O–H groups in total. The maximum absolute atomic E-state index is 11.2. The Morgan fingerprint density at radius 1 is 1.43 bits per heavy atom. The fourth-order valence-corrected chi connectivity index (χ4v) is 2.44. The molecule has 0 saturated carbocycles. The van der Waals surface area contributed by atoms with Crippen LogP contribution in [0.1, 0.15) is 6.42 Å². The minimum Gasteiger partial charge on any atom is -0.493 e. The molecular weight excluding hydrogens is 292 g/mol. The van der Waals surface area contributed by atoms with E-state index < -0.39 is 11.1 Å². The Morgan fingerprint density at radius 3 is 3.00 bits per heavy atom. The molecule has 0 bridgehead atoms. The molecule has 8 heteroatoms. The van der Waals surface area contributed by atoms with E-state index in [-0.39, 0.29) is 0 Å². The molecule has 7 nitrogen and oxygen atoms in total. The molecule has 21 heavy (non-hydrogen) atoms. The molecule has 0 spiro atoms. The highest BCUT2D eigenvalue weighted by atomic mass is 32.2. The van der Waals surface area contributed by atoms with Gasteiger partial charge in [-0.2, -0.15) is 4.98 Å². The van der Waals surface area contributed by atoms with Crippen LogP contribution in [0.5, 0.6) is 5.75 Å². The standard InChI is InChI=1S/C13H16N4O3S/c1-17-13(15-11(18)12(19)16-17)21-7-3-6-20-10-5-2-4-9(14)8-10/h2,4-5,8H,3,6-7,14H2,1H3,(H,16,19). The van der Waals surface area contributed by atoms with Crippen LogP contribution in [0.4, 0.5) is 5.69 Å². The molecule has 0 aliphatic carbocycles. The second-order valence-corrected chi connectivity index (χ2v) is 5.38. The molecular formula is C13H16N4O3S. The zero-order valence-corrected chi connectivity index (χ0v) is 12.4. The van der Waals surface area contributed by atoms with E-state index in [2.05, 4.69) is 10.1 Å². The Morgan fingerprint density at radius 2 is 2.24 bits per heavy atom. The van der Waals surface area contributed by atoms with E-state index in [1.165, 1.54) is 16.4 Å². The average molecular weight is 308 g/mol. The van der Waals surface area contributed by atoms with E-state index in [0.29, 0.717) is 23.2 Å². The third kappa shape index (κ3) is 4.38. The first-order valence-electron chi connectivity index (χ1n) is 6.35. The second kappa shape index (κ2) is 6.98. The predicted octanol–water partition coefficient (Wildman–Crippen LogP) is 0.612. The van der Waals surface area contributed by atoms with Crippen molar-refractivity contribution < 1.29 is 4.74 Å². The first-order valence-corrected chi connectivity index (χ1v) is 7.33. The number of ether oxygens (including phenoxy) is 1. The summed E-state index contributed by atoms with van der Waals surface area (Å²) in [4.78, 5) is 26.0. The molecule has 2 rings (SSSR count). The molecule has 0 aliphatic heterocycles. The van der Waals surface area contributed by atoms with Crippen LogP contribution < -0.4 is 21.6 Å². The summed E-state index contributed by atoms with van der Waals surface area (Å²) in [7, 11) is 1.64. The molecule has 1 heterocycles. The number of nitrogens with one attached hydrogen (secondary N) is 1. The summed E-state index contributed by atoms with van der Waals surface area (Å²) in [5.74, 6) is 1.45. The lowest BCUT2D eigenvalue weighted by atomic mass is 10.3. The van der Waals surface area contributed by atoms with E-state index in [9.17, 15) is 9.59 Å². The number of nitrogens with zero attached hydrogens (tertiary/aromatic N) is 2. The van der Waals surface area contributed by atoms with E-state index in [1.54, 1.807) is 19.2 Å². The number of nitrogen functional groups attached to an aromatic ring is 1. The van der Waals surface area contributed by atoms with Crippen molar-refractivity contribution in [3.8, 4) is 5.75 Å². The Bertz CT molecular complexity index is 726. The van der Waals surface area contributed by atoms with Crippen LogP contribution in [0, 0.1) is 0 Å². The van der Waals surface area contributed by atoms with Gasteiger partial charge in [-0.25, -0.2) is 0 Å². The smallest absolute Gasteiger partial charge is 0.339 e. The second-order valence-electron chi connectivity index (χ2n) is 4.32. The summed E-state index contributed by atoms with van der Waals surface area (Å²) in [5.41, 5.74) is 4.83. The molecule has 0 amide bonds. The van der Waals surface area contributed by atoms with Crippen molar-refractivity contribution in [1.82, 2.24) is 14.8 Å². The quantitative estimate of drug-likeness (QED) is 0.351. The maximum atomic E-state index is 11.2. The predicted molar refractivity (Wildman–Crippen MR) is 81.8 cm³/mol. The van der Waals surface area contributed by atoms with Crippen molar-refractivity contribution >= 4 is 17.4 Å². The van der Waals surface area contributed by atoms with E-state index in [4.69, 9.17) is 10.5 Å². The van der Waals surface area contributed by atoms with Crippen molar-refractivity contribution in [3.05, 3.63) is 45.0 Å². The zero-order chi connectivity index (χ0) is 15.2. The molecule has 0 aliphatic rings. The largest absolute Gasteiger partial charge is 0.493 e. The molecule has 0 radical (unpaired) electrons. The monoisotopic (exact) mass is 308 g/mol. The molecule has 0 unspecified atom stereocenters. The zero-order valence-electron chi connectivity index (χ0n) is 11.5. The number of benzene rings is 1. The Kier molecular flexibility index (Phi) is 5.04. The number of nitrogens with two attached hydrogens (primary N) is 1. The Hall–Kier alpha value is -2.22. The molecule has 1 aromatic carbocycles. The first kappa shape index (κ1) is 15.2. The molecule has 112 valence electrons. The SMILES string of the molecule is Cn1[nH]c(=O)c(=O)nc1SCCCOc1cccc(N)c1. The van der Waals surface area contributed by atoms with Crippen LogP contribution in [-0.2, 0) is 7.05 Å². The summed E-state index contributed by atoms with van der Waals surface area (Å²) in [6, 6.07) is 7.24. The Labute approximate surface area is 125 Å². The lowest BCUT2D eigenvalue weighted by Gasteiger charge is -2.07. The summed E-state index contributed by atoms with van der Waals surface area (Å²) >= 11 is 1.39. The number of aryl methyl sites for hydroxylation is 1. The van der Waals surface area contributed by atoms with Gasteiger partial charge in [0.2, 0.25) is 0 Å². The van der Waals surface area contributed by atoms with Crippen molar-refractivity contribution in [2.45, 2.75) is 11.6 Å². The van der Waals surface area contributed by atoms with Gasteiger partial charge in [0, 0.05) is 24.6 Å². The maximum Gasteiger partial charge on any atom is 0.339 e. The minimum atomic E-state index is -0.772. The van der Waals surface area contributed by atoms with Gasteiger partial charge in [-0.15, -0.1) is 0 Å². The molecule has 1 aromatic heterocycles. The van der Waals surface area contributed by atoms with Gasteiger partial charge in [0.05, 0.1) is 6.61 Å². The van der Waals surface area contributed by atoms with Crippen molar-refractivity contribution in [1.29, 1.82) is 0 Å². The van der Waals surface area contributed by atoms with E-state index in [0.717, 1.165) is 12.2 Å². The highest BCUT2D eigenvalue weighted by molar-refractivity contribution is 7.99. The van der Waals surface area contributed by atoms with Crippen LogP contribution >= 0.6 is 11.8 Å². The Balaban J connectivity index is 1.79. The highest BCUT2D eigenvalue weighted by Crippen LogP contribution is 2.16. The summed E-state index contributed by atoms with van der Waals surface area (Å²) in [6.07, 6.45) is 0.772. The summed E-state index contributed by atoms with van der Waals surface area (Å²) in [6.45, 7) is 0.535. The van der Waals surface area contributed by atoms with Gasteiger partial charge in [0.1, 0.15) is 5.75 Å². The van der Waals surface area contributed by atoms with Crippen LogP contribution in [0.3, 0.4) is 0 Å². The van der Waals surface area contributed by atoms with Gasteiger partial charge in [-0.3, -0.25) is 19.4 Å². The lowest BCUT2D eigenvalue weighted by molar-refractivity contribution is 0.319. The number of rotatable bonds is 6. The van der Waals surface area contributed by atoms with Crippen LogP contribution in [0.2, 0.25) is 0 Å². The van der Waals surface area contributed by atoms with Crippen molar-refractivity contribution in [2.75, 3.05) is 18.1 Å². The molecule has 2 aromatic rings. The molecule has 0 fully saturated rings. The summed E-state index contributed by atoms with van der Waals surface area (Å²) < 4.78 is 7.00. The van der Waals surface area contributed by atoms with Crippen molar-refractivity contribution in [3.63, 3.8) is 0 Å². The number of thioether (sulfide) groups is 1. The third-order valence-corrected chi connectivity index (χ3v) is 3.71. The molecule has 0 saturated heterocycles. The lowest BCUT2D eigenvalue weighted by Crippen LogP contribution is -2.33. The van der Waals surface area contributed by atoms with Crippen LogP contribution in [0.25, 0.3) is 0 Å². The van der Waals surface area contributed by atoms with Gasteiger partial charge >= 0.3 is 11.1 Å². The topological polar surface area (TPSA) is 103 Å². The normalized spacial score (nSPS) is 10.5. The number of aromatic amines is 1. The molecule has 0 atom stereocenters. The number of anilines is 1. The number of H-pyrrole nitrogens is 1. The number of hydrogen-bond acceptors (Lipinski definition) is 6. The summed E-state index contributed by atoms with van der Waals surface area (Å²) in [5, 5.41) is 2.88. The highest BCUT2D eigenvalue weighted by Gasteiger charge is 2.04. The van der Waals surface area contributed by atoms with Gasteiger partial charge in [-0.05, 0) is 18.6 Å². The first-order chi connectivity index (χ1) is 10.1. The van der Waals surface area contributed by atoms with Gasteiger partial charge in [0.25, 0.3) is 0 Å². The number of aromatic nitrogens is 3. The van der Waals surface area contributed by atoms with E-state index >= 15 is 0 Å².